The molecule has 1 heterocycles. The monoisotopic (exact) mass is 510 g/mol. The topological polar surface area (TPSA) is 51.2 Å². The van der Waals surface area contributed by atoms with E-state index in [4.69, 9.17) is 4.74 Å². The maximum absolute atomic E-state index is 16.6. The number of ether oxygens (including phenoxy) is 1. The van der Waals surface area contributed by atoms with Crippen molar-refractivity contribution in [3.63, 3.8) is 0 Å². The zero-order valence-corrected chi connectivity index (χ0v) is 21.4. The van der Waals surface area contributed by atoms with E-state index in [9.17, 15) is 4.79 Å². The molecule has 1 amide bonds. The molecule has 0 aliphatic rings. The van der Waals surface area contributed by atoms with E-state index in [0.717, 1.165) is 0 Å². The van der Waals surface area contributed by atoms with E-state index in [2.05, 4.69) is 32.9 Å². The molecule has 0 fully saturated rings. The maximum Gasteiger partial charge on any atom is 0.294 e. The molecule has 0 saturated carbocycles. The molecular formula is C19H34FIN3O2Si+. The summed E-state index contributed by atoms with van der Waals surface area (Å²) in [4.78, 5) is 16.8. The summed E-state index contributed by atoms with van der Waals surface area (Å²) < 4.78 is 22.3. The van der Waals surface area contributed by atoms with E-state index in [-0.39, 0.29) is 9.96 Å². The van der Waals surface area contributed by atoms with Crippen molar-refractivity contribution >= 4 is 47.9 Å². The molecule has 8 heteroatoms. The smallest absolute Gasteiger partial charge is 0.294 e. The van der Waals surface area contributed by atoms with E-state index in [1.807, 2.05) is 62.7 Å². The molecule has 154 valence electrons. The van der Waals surface area contributed by atoms with Gasteiger partial charge in [0.2, 0.25) is 4.05 Å². The first-order valence-electron chi connectivity index (χ1n) is 8.96. The van der Waals surface area contributed by atoms with Gasteiger partial charge in [0, 0.05) is 17.4 Å². The molecule has 27 heavy (non-hydrogen) atoms. The Morgan fingerprint density at radius 3 is 2.07 bits per heavy atom. The van der Waals surface area contributed by atoms with Crippen LogP contribution in [0.4, 0.5) is 9.93 Å². The Morgan fingerprint density at radius 2 is 1.70 bits per heavy atom. The Kier molecular flexibility index (Phi) is 7.15. The number of alkyl halides is 1. The Morgan fingerprint density at radius 1 is 1.22 bits per heavy atom. The lowest BCUT2D eigenvalue weighted by Crippen LogP contribution is -2.58. The van der Waals surface area contributed by atoms with Crippen LogP contribution in [0.1, 0.15) is 41.5 Å². The number of rotatable bonds is 5. The van der Waals surface area contributed by atoms with Crippen LogP contribution >= 0.6 is 22.6 Å². The van der Waals surface area contributed by atoms with Crippen LogP contribution in [-0.2, 0) is 4.79 Å². The van der Waals surface area contributed by atoms with Crippen molar-refractivity contribution in [1.82, 2.24) is 4.98 Å². The number of hydrogen-bond donors (Lipinski definition) is 1. The summed E-state index contributed by atoms with van der Waals surface area (Å²) >= 11 is 2.11. The number of aromatic nitrogens is 1. The first kappa shape index (κ1) is 24.3. The number of likely N-dealkylation sites (N-methyl/N-ethyl adjacent to an activating group) is 1. The number of nitrogens with one attached hydrogen (secondary N) is 1. The lowest BCUT2D eigenvalue weighted by molar-refractivity contribution is -0.867. The average Bonchev–Trinajstić information content (AvgIpc) is 2.50. The summed E-state index contributed by atoms with van der Waals surface area (Å²) in [5.74, 6) is 0.658. The second kappa shape index (κ2) is 7.94. The summed E-state index contributed by atoms with van der Waals surface area (Å²) in [5.41, 5.74) is 0. The number of pyridine rings is 1. The van der Waals surface area contributed by atoms with Crippen LogP contribution in [0, 0.1) is 0 Å². The van der Waals surface area contributed by atoms with Gasteiger partial charge in [0.15, 0.2) is 0 Å². The van der Waals surface area contributed by atoms with E-state index in [1.54, 1.807) is 12.3 Å². The van der Waals surface area contributed by atoms with Crippen molar-refractivity contribution in [2.75, 3.05) is 33.6 Å². The highest BCUT2D eigenvalue weighted by atomic mass is 127. The number of halogens is 2. The van der Waals surface area contributed by atoms with Crippen LogP contribution in [0.15, 0.2) is 12.3 Å². The van der Waals surface area contributed by atoms with Crippen LogP contribution in [0.25, 0.3) is 0 Å². The van der Waals surface area contributed by atoms with Crippen molar-refractivity contribution in [2.45, 2.75) is 55.7 Å². The molecule has 1 rings (SSSR count). The Balaban J connectivity index is 3.38. The van der Waals surface area contributed by atoms with Gasteiger partial charge in [-0.15, -0.1) is 0 Å². The molecule has 5 nitrogen and oxygen atoms in total. The largest absolute Gasteiger partial charge is 0.497 e. The highest BCUT2D eigenvalue weighted by Gasteiger charge is 2.58. The van der Waals surface area contributed by atoms with E-state index in [0.29, 0.717) is 21.2 Å². The van der Waals surface area contributed by atoms with Gasteiger partial charge in [0.25, 0.3) is 14.3 Å². The van der Waals surface area contributed by atoms with Gasteiger partial charge in [-0.3, -0.25) is 4.79 Å². The van der Waals surface area contributed by atoms with Gasteiger partial charge in [-0.25, -0.2) is 4.98 Å². The first-order valence-corrected chi connectivity index (χ1v) is 12.1. The summed E-state index contributed by atoms with van der Waals surface area (Å²) in [6, 6.07) is 1.63. The van der Waals surface area contributed by atoms with E-state index >= 15 is 4.11 Å². The molecule has 1 N–H and O–H groups in total. The SMILES string of the molecule is COc1cc(NC(=O)C(I)[N+](C)(C)C)ncc1[Si](F)(C(C)(C)C)C(C)(C)C. The standard InChI is InChI=1S/C19H33FIN3O2Si/c1-18(2,3)27(20,19(4,5)6)14-12-22-15(11-13(14)26-10)23-17(25)16(21)24(7,8)9/h11-12,16H,1-10H3/p+1. The fourth-order valence-corrected chi connectivity index (χ4v) is 8.18. The zero-order valence-electron chi connectivity index (χ0n) is 18.2. The summed E-state index contributed by atoms with van der Waals surface area (Å²) in [6.07, 6.45) is 1.55. The maximum atomic E-state index is 16.6. The third-order valence-corrected chi connectivity index (χ3v) is 12.2. The molecule has 0 saturated heterocycles. The predicted molar refractivity (Wildman–Crippen MR) is 121 cm³/mol. The average molecular weight is 510 g/mol. The minimum atomic E-state index is -3.51. The fraction of sp³-hybridized carbons (Fsp3) is 0.684. The quantitative estimate of drug-likeness (QED) is 0.161. The van der Waals surface area contributed by atoms with Gasteiger partial charge in [0.1, 0.15) is 11.6 Å². The second-order valence-corrected chi connectivity index (χ2v) is 15.9. The summed E-state index contributed by atoms with van der Waals surface area (Å²) in [6.45, 7) is 11.6. The van der Waals surface area contributed by atoms with Gasteiger partial charge in [-0.05, 0) is 32.7 Å². The van der Waals surface area contributed by atoms with Crippen LogP contribution < -0.4 is 15.2 Å². The van der Waals surface area contributed by atoms with Gasteiger partial charge in [0.05, 0.1) is 28.3 Å². The predicted octanol–water partition coefficient (Wildman–Crippen LogP) is 4.22. The molecule has 1 aromatic rings. The van der Waals surface area contributed by atoms with Gasteiger partial charge >= 0.3 is 0 Å². The van der Waals surface area contributed by atoms with Gasteiger partial charge in [-0.2, -0.15) is 0 Å². The molecule has 0 bridgehead atoms. The van der Waals surface area contributed by atoms with Crippen molar-refractivity contribution < 1.29 is 18.1 Å². The van der Waals surface area contributed by atoms with Crippen molar-refractivity contribution in [3.8, 4) is 5.75 Å². The highest BCUT2D eigenvalue weighted by Crippen LogP contribution is 2.52. The Bertz CT molecular complexity index is 680. The number of nitrogens with zero attached hydrogens (tertiary/aromatic N) is 2. The molecule has 0 spiro atoms. The number of amides is 1. The molecule has 0 aliphatic carbocycles. The molecule has 0 aliphatic heterocycles. The normalized spacial score (nSPS) is 14.7. The minimum Gasteiger partial charge on any atom is -0.497 e. The van der Waals surface area contributed by atoms with Gasteiger partial charge < -0.3 is 18.6 Å². The Labute approximate surface area is 178 Å². The summed E-state index contributed by atoms with van der Waals surface area (Å²) in [5, 5.41) is 2.27. The molecule has 0 radical (unpaired) electrons. The fourth-order valence-electron chi connectivity index (χ4n) is 3.40. The van der Waals surface area contributed by atoms with E-state index in [1.165, 1.54) is 7.11 Å². The van der Waals surface area contributed by atoms with Crippen LogP contribution in [-0.4, -0.2) is 56.1 Å². The third kappa shape index (κ3) is 5.00. The second-order valence-electron chi connectivity index (χ2n) is 9.87. The number of methoxy groups -OCH3 is 1. The van der Waals surface area contributed by atoms with Gasteiger partial charge in [-0.1, -0.05) is 41.5 Å². The number of hydrogen-bond acceptors (Lipinski definition) is 3. The minimum absolute atomic E-state index is 0.152. The van der Waals surface area contributed by atoms with Crippen LogP contribution in [0.5, 0.6) is 5.75 Å². The number of carbonyl (C=O) groups is 1. The third-order valence-electron chi connectivity index (χ3n) is 4.67. The van der Waals surface area contributed by atoms with E-state index < -0.39 is 18.5 Å². The number of quaternary nitrogens is 1. The molecule has 1 unspecified atom stereocenters. The zero-order chi connectivity index (χ0) is 21.4. The molecule has 1 atom stereocenters. The Hall–Kier alpha value is -0.743. The van der Waals surface area contributed by atoms with Crippen molar-refractivity contribution in [3.05, 3.63) is 12.3 Å². The van der Waals surface area contributed by atoms with Crippen LogP contribution in [0.3, 0.4) is 0 Å². The lowest BCUT2D eigenvalue weighted by Gasteiger charge is -2.45. The van der Waals surface area contributed by atoms with Crippen LogP contribution in [0.2, 0.25) is 10.1 Å². The van der Waals surface area contributed by atoms with Crippen molar-refractivity contribution in [1.29, 1.82) is 0 Å². The highest BCUT2D eigenvalue weighted by molar-refractivity contribution is 14.1. The molecule has 0 aromatic carbocycles. The summed E-state index contributed by atoms with van der Waals surface area (Å²) in [7, 11) is 3.86. The molecular weight excluding hydrogens is 476 g/mol. The number of carbonyl (C=O) groups excluding carboxylic acids is 1. The van der Waals surface area contributed by atoms with Crippen molar-refractivity contribution in [2.24, 2.45) is 0 Å². The number of anilines is 1. The lowest BCUT2D eigenvalue weighted by atomic mass is 10.2. The first-order chi connectivity index (χ1) is 12.0. The molecule has 1 aromatic heterocycles.